The van der Waals surface area contributed by atoms with E-state index >= 15 is 0 Å². The second-order valence-electron chi connectivity index (χ2n) is 6.49. The summed E-state index contributed by atoms with van der Waals surface area (Å²) >= 11 is 1.58. The average Bonchev–Trinajstić information content (AvgIpc) is 3.17. The van der Waals surface area contributed by atoms with Gasteiger partial charge in [0.1, 0.15) is 17.0 Å². The van der Waals surface area contributed by atoms with Gasteiger partial charge in [-0.3, -0.25) is 4.79 Å². The van der Waals surface area contributed by atoms with Crippen molar-refractivity contribution in [3.63, 3.8) is 0 Å². The summed E-state index contributed by atoms with van der Waals surface area (Å²) in [5.74, 6) is -0.599. The molecule has 0 bridgehead atoms. The highest BCUT2D eigenvalue weighted by Gasteiger charge is 2.33. The number of rotatable bonds is 3. The van der Waals surface area contributed by atoms with Crippen molar-refractivity contribution in [3.05, 3.63) is 46.3 Å². The summed E-state index contributed by atoms with van der Waals surface area (Å²) in [7, 11) is 0. The number of hydrogen-bond acceptors (Lipinski definition) is 5. The lowest BCUT2D eigenvalue weighted by atomic mass is 9.96. The predicted molar refractivity (Wildman–Crippen MR) is 104 cm³/mol. The molecular weight excluding hydrogens is 344 g/mol. The van der Waals surface area contributed by atoms with Crippen LogP contribution in [0, 0.1) is 17.2 Å². The highest BCUT2D eigenvalue weighted by Crippen LogP contribution is 2.39. The van der Waals surface area contributed by atoms with Gasteiger partial charge < -0.3 is 0 Å². The molecule has 2 heterocycles. The molecule has 130 valence electrons. The van der Waals surface area contributed by atoms with Crippen LogP contribution in [0.3, 0.4) is 0 Å². The molecule has 0 saturated carbocycles. The molecule has 0 N–H and O–H groups in total. The Morgan fingerprint density at radius 3 is 2.85 bits per heavy atom. The fourth-order valence-corrected chi connectivity index (χ4v) is 4.60. The Hall–Kier alpha value is -2.78. The highest BCUT2D eigenvalue weighted by molar-refractivity contribution is 7.16. The summed E-state index contributed by atoms with van der Waals surface area (Å²) in [4.78, 5) is 18.6. The molecule has 1 aliphatic carbocycles. The number of benzene rings is 1. The Labute approximate surface area is 156 Å². The zero-order valence-corrected chi connectivity index (χ0v) is 15.3. The Morgan fingerprint density at radius 1 is 1.31 bits per heavy atom. The van der Waals surface area contributed by atoms with Crippen molar-refractivity contribution in [2.45, 2.75) is 32.6 Å². The number of hydrazone groups is 1. The minimum Gasteiger partial charge on any atom is -0.271 e. The Morgan fingerprint density at radius 2 is 2.08 bits per heavy atom. The molecular formula is C20H18N4OS. The highest BCUT2D eigenvalue weighted by atomic mass is 32.1. The Kier molecular flexibility index (Phi) is 4.39. The van der Waals surface area contributed by atoms with Gasteiger partial charge in [0.2, 0.25) is 0 Å². The SMILES string of the molecule is CC1=NN(c2ccccc2)C(=O)[C@H]1C=Nc1sc2c(c1C#N)CCCC2. The van der Waals surface area contributed by atoms with Crippen molar-refractivity contribution >= 4 is 39.9 Å². The van der Waals surface area contributed by atoms with Gasteiger partial charge in [-0.1, -0.05) is 18.2 Å². The number of anilines is 1. The summed E-state index contributed by atoms with van der Waals surface area (Å²) < 4.78 is 0. The van der Waals surface area contributed by atoms with Crippen molar-refractivity contribution in [2.24, 2.45) is 16.0 Å². The lowest BCUT2D eigenvalue weighted by Crippen LogP contribution is -2.27. The fourth-order valence-electron chi connectivity index (χ4n) is 3.41. The molecule has 0 spiro atoms. The van der Waals surface area contributed by atoms with Crippen LogP contribution in [0.1, 0.15) is 35.8 Å². The molecule has 1 aliphatic heterocycles. The van der Waals surface area contributed by atoms with Crippen molar-refractivity contribution < 1.29 is 4.79 Å². The zero-order chi connectivity index (χ0) is 18.1. The van der Waals surface area contributed by atoms with E-state index in [1.807, 2.05) is 37.3 Å². The number of carbonyl (C=O) groups excluding carboxylic acids is 1. The smallest absolute Gasteiger partial charge is 0.261 e. The number of nitrogens with zero attached hydrogens (tertiary/aromatic N) is 4. The summed E-state index contributed by atoms with van der Waals surface area (Å²) in [5.41, 5.74) is 3.30. The maximum atomic E-state index is 12.7. The van der Waals surface area contributed by atoms with Crippen LogP contribution in [0.4, 0.5) is 10.7 Å². The number of thiophene rings is 1. The van der Waals surface area contributed by atoms with E-state index in [2.05, 4.69) is 16.2 Å². The van der Waals surface area contributed by atoms with E-state index in [1.54, 1.807) is 17.6 Å². The molecule has 1 aromatic heterocycles. The van der Waals surface area contributed by atoms with E-state index < -0.39 is 5.92 Å². The van der Waals surface area contributed by atoms with Gasteiger partial charge >= 0.3 is 0 Å². The maximum absolute atomic E-state index is 12.7. The maximum Gasteiger partial charge on any atom is 0.261 e. The van der Waals surface area contributed by atoms with Gasteiger partial charge in [-0.05, 0) is 50.3 Å². The third kappa shape index (κ3) is 2.85. The van der Waals surface area contributed by atoms with Gasteiger partial charge in [0.05, 0.1) is 17.0 Å². The molecule has 1 aromatic carbocycles. The van der Waals surface area contributed by atoms with Crippen molar-refractivity contribution in [1.29, 1.82) is 5.26 Å². The first-order valence-corrected chi connectivity index (χ1v) is 9.53. The van der Waals surface area contributed by atoms with Crippen LogP contribution in [0.15, 0.2) is 40.4 Å². The number of aryl methyl sites for hydroxylation is 1. The number of para-hydroxylation sites is 1. The first-order chi connectivity index (χ1) is 12.7. The van der Waals surface area contributed by atoms with Crippen LogP contribution in [0.2, 0.25) is 0 Å². The summed E-state index contributed by atoms with van der Waals surface area (Å²) in [6.45, 7) is 1.84. The number of carbonyl (C=O) groups is 1. The van der Waals surface area contributed by atoms with Crippen LogP contribution < -0.4 is 5.01 Å². The summed E-state index contributed by atoms with van der Waals surface area (Å²) in [5, 5.41) is 16.1. The molecule has 0 radical (unpaired) electrons. The van der Waals surface area contributed by atoms with E-state index in [-0.39, 0.29) is 5.91 Å². The minimum atomic E-state index is -0.485. The van der Waals surface area contributed by atoms with E-state index in [4.69, 9.17) is 0 Å². The van der Waals surface area contributed by atoms with E-state index in [0.29, 0.717) is 11.3 Å². The Balaban J connectivity index is 1.60. The minimum absolute atomic E-state index is 0.114. The van der Waals surface area contributed by atoms with Crippen LogP contribution in [0.5, 0.6) is 0 Å². The molecule has 1 amide bonds. The number of amides is 1. The molecule has 5 nitrogen and oxygen atoms in total. The molecule has 2 aliphatic rings. The second-order valence-corrected chi connectivity index (χ2v) is 7.57. The number of hydrogen-bond donors (Lipinski definition) is 0. The quantitative estimate of drug-likeness (QED) is 0.766. The molecule has 4 rings (SSSR count). The predicted octanol–water partition coefficient (Wildman–Crippen LogP) is 4.24. The van der Waals surface area contributed by atoms with Crippen LogP contribution >= 0.6 is 11.3 Å². The van der Waals surface area contributed by atoms with Gasteiger partial charge in [-0.15, -0.1) is 11.3 Å². The molecule has 0 fully saturated rings. The van der Waals surface area contributed by atoms with Crippen molar-refractivity contribution in [1.82, 2.24) is 0 Å². The summed E-state index contributed by atoms with van der Waals surface area (Å²) in [6.07, 6.45) is 5.91. The standard InChI is InChI=1S/C20H18N4OS/c1-13-17(20(25)24(23-13)14-7-3-2-4-8-14)12-22-19-16(11-21)15-9-5-6-10-18(15)26-19/h2-4,7-8,12,17H,5-6,9-10H2,1H3/t17-/m0/s1. The molecule has 26 heavy (non-hydrogen) atoms. The number of aliphatic imine (C=N–C) groups is 1. The third-order valence-corrected chi connectivity index (χ3v) is 5.99. The van der Waals surface area contributed by atoms with E-state index in [0.717, 1.165) is 35.5 Å². The molecule has 0 unspecified atom stereocenters. The fraction of sp³-hybridized carbons (Fsp3) is 0.300. The zero-order valence-electron chi connectivity index (χ0n) is 14.5. The first kappa shape index (κ1) is 16.7. The normalized spacial score (nSPS) is 19.5. The van der Waals surface area contributed by atoms with Gasteiger partial charge in [0, 0.05) is 11.1 Å². The monoisotopic (exact) mass is 362 g/mol. The van der Waals surface area contributed by atoms with Crippen LogP contribution in [0.25, 0.3) is 0 Å². The lowest BCUT2D eigenvalue weighted by Gasteiger charge is -2.12. The van der Waals surface area contributed by atoms with Crippen LogP contribution in [-0.4, -0.2) is 17.8 Å². The van der Waals surface area contributed by atoms with Crippen LogP contribution in [-0.2, 0) is 17.6 Å². The number of fused-ring (bicyclic) bond motifs is 1. The summed E-state index contributed by atoms with van der Waals surface area (Å²) in [6, 6.07) is 11.7. The van der Waals surface area contributed by atoms with Gasteiger partial charge in [-0.2, -0.15) is 15.4 Å². The third-order valence-electron chi connectivity index (χ3n) is 4.79. The Bertz CT molecular complexity index is 952. The second kappa shape index (κ2) is 6.85. The molecule has 6 heteroatoms. The van der Waals surface area contributed by atoms with E-state index in [9.17, 15) is 10.1 Å². The lowest BCUT2D eigenvalue weighted by molar-refractivity contribution is -0.118. The van der Waals surface area contributed by atoms with Gasteiger partial charge in [0.25, 0.3) is 5.91 Å². The topological polar surface area (TPSA) is 68.8 Å². The number of nitriles is 1. The largest absolute Gasteiger partial charge is 0.271 e. The van der Waals surface area contributed by atoms with Crippen molar-refractivity contribution in [2.75, 3.05) is 5.01 Å². The first-order valence-electron chi connectivity index (χ1n) is 8.72. The molecule has 0 saturated heterocycles. The average molecular weight is 362 g/mol. The molecule has 2 aromatic rings. The van der Waals surface area contributed by atoms with Gasteiger partial charge in [-0.25, -0.2) is 4.99 Å². The van der Waals surface area contributed by atoms with Crippen molar-refractivity contribution in [3.8, 4) is 6.07 Å². The molecule has 1 atom stereocenters. The van der Waals surface area contributed by atoms with Gasteiger partial charge in [0.15, 0.2) is 0 Å². The van der Waals surface area contributed by atoms with E-state index in [1.165, 1.54) is 16.3 Å².